The molecule has 0 aliphatic heterocycles. The number of hydrogen-bond acceptors (Lipinski definition) is 8. The van der Waals surface area contributed by atoms with Gasteiger partial charge in [-0.2, -0.15) is 0 Å². The maximum Gasteiger partial charge on any atom is 0.347 e. The molecule has 9 heteroatoms. The van der Waals surface area contributed by atoms with E-state index in [2.05, 4.69) is 14.8 Å². The first-order chi connectivity index (χ1) is 13.5. The average Bonchev–Trinajstić information content (AvgIpc) is 2.69. The highest BCUT2D eigenvalue weighted by Crippen LogP contribution is 2.25. The van der Waals surface area contributed by atoms with Crippen LogP contribution >= 0.6 is 11.6 Å². The number of rotatable bonds is 8. The molecule has 3 aromatic rings. The smallest absolute Gasteiger partial charge is 0.347 e. The highest BCUT2D eigenvalue weighted by molar-refractivity contribution is 6.31. The number of nitrogens with two attached hydrogens (primary N) is 1. The number of ether oxygens (including phenoxy) is 3. The third-order valence-electron chi connectivity index (χ3n) is 3.62. The number of nitrogens with zero attached hydrogens (tertiary/aromatic N) is 2. The molecule has 146 valence electrons. The zero-order valence-corrected chi connectivity index (χ0v) is 15.8. The summed E-state index contributed by atoms with van der Waals surface area (Å²) in [4.78, 5) is 24.8. The quantitative estimate of drug-likeness (QED) is 0.347. The van der Waals surface area contributed by atoms with E-state index in [1.165, 1.54) is 6.20 Å². The molecule has 2 aromatic carbocycles. The molecule has 0 amide bonds. The molecule has 1 heterocycles. The summed E-state index contributed by atoms with van der Waals surface area (Å²) >= 11 is 5.94. The molecule has 0 fully saturated rings. The molecule has 0 radical (unpaired) electrons. The van der Waals surface area contributed by atoms with Gasteiger partial charge in [0.25, 0.3) is 0 Å². The molecule has 1 aromatic heterocycles. The van der Waals surface area contributed by atoms with Crippen LogP contribution in [0.5, 0.6) is 17.4 Å². The fraction of sp³-hybridized carbons (Fsp3) is 0.211. The normalized spacial score (nSPS) is 11.8. The minimum atomic E-state index is -0.775. The van der Waals surface area contributed by atoms with Gasteiger partial charge in [0.05, 0.1) is 17.2 Å². The maximum absolute atomic E-state index is 11.8. The van der Waals surface area contributed by atoms with Gasteiger partial charge in [0.15, 0.2) is 6.10 Å². The molecule has 2 N–H and O–H groups in total. The van der Waals surface area contributed by atoms with Crippen LogP contribution in [0.3, 0.4) is 0 Å². The first-order valence-electron chi connectivity index (χ1n) is 8.40. The maximum atomic E-state index is 11.8. The van der Waals surface area contributed by atoms with Crippen LogP contribution in [0.4, 0.5) is 0 Å². The van der Waals surface area contributed by atoms with Crippen LogP contribution in [-0.4, -0.2) is 35.3 Å². The van der Waals surface area contributed by atoms with Crippen LogP contribution in [0.15, 0.2) is 48.7 Å². The fourth-order valence-electron chi connectivity index (χ4n) is 2.28. The lowest BCUT2D eigenvalue weighted by Gasteiger charge is -2.14. The Labute approximate surface area is 166 Å². The minimum absolute atomic E-state index is 0.0643. The molecule has 1 atom stereocenters. The zero-order valence-electron chi connectivity index (χ0n) is 15.0. The molecule has 0 bridgehead atoms. The van der Waals surface area contributed by atoms with Gasteiger partial charge in [-0.25, -0.2) is 20.7 Å². The lowest BCUT2D eigenvalue weighted by molar-refractivity contribution is -0.152. The monoisotopic (exact) mass is 403 g/mol. The Kier molecular flexibility index (Phi) is 6.59. The summed E-state index contributed by atoms with van der Waals surface area (Å²) in [7, 11) is 0. The third kappa shape index (κ3) is 5.29. The molecule has 0 spiro atoms. The lowest BCUT2D eigenvalue weighted by atomic mass is 10.3. The van der Waals surface area contributed by atoms with Crippen molar-refractivity contribution in [3.63, 3.8) is 0 Å². The summed E-state index contributed by atoms with van der Waals surface area (Å²) in [5.74, 6) is 5.75. The molecule has 0 saturated heterocycles. The van der Waals surface area contributed by atoms with Gasteiger partial charge in [-0.15, -0.1) is 0 Å². The van der Waals surface area contributed by atoms with Crippen LogP contribution < -0.4 is 15.4 Å². The second-order valence-corrected chi connectivity index (χ2v) is 6.15. The standard InChI is InChI=1S/C19H18ClN3O5/c1-12(19(24)25-8-9-26-21)27-14-3-5-15(6-4-14)28-18-11-22-17-10-13(20)2-7-16(17)23-18/h2-7,10-12H,8-9,21H2,1H3. The number of esters is 1. The van der Waals surface area contributed by atoms with Gasteiger partial charge >= 0.3 is 5.97 Å². The Bertz CT molecular complexity index is 952. The molecular formula is C19H18ClN3O5. The summed E-state index contributed by atoms with van der Waals surface area (Å²) in [6.45, 7) is 1.77. The van der Waals surface area contributed by atoms with Crippen LogP contribution in [0, 0.1) is 0 Å². The van der Waals surface area contributed by atoms with Crippen LogP contribution in [0.25, 0.3) is 11.0 Å². The SMILES string of the molecule is CC(Oc1ccc(Oc2cnc3cc(Cl)ccc3n2)cc1)C(=O)OCCON. The number of carbonyl (C=O) groups excluding carboxylic acids is 1. The van der Waals surface area contributed by atoms with Crippen LogP contribution in [0.1, 0.15) is 6.92 Å². The summed E-state index contributed by atoms with van der Waals surface area (Å²) in [5.41, 5.74) is 1.36. The van der Waals surface area contributed by atoms with E-state index in [9.17, 15) is 4.79 Å². The first kappa shape index (κ1) is 19.8. The Hall–Kier alpha value is -2.94. The van der Waals surface area contributed by atoms with Gasteiger partial charge in [-0.3, -0.25) is 0 Å². The lowest BCUT2D eigenvalue weighted by Crippen LogP contribution is -2.27. The van der Waals surface area contributed by atoms with Crippen molar-refractivity contribution in [1.29, 1.82) is 0 Å². The molecule has 28 heavy (non-hydrogen) atoms. The summed E-state index contributed by atoms with van der Waals surface area (Å²) in [5, 5.41) is 0.594. The Morgan fingerprint density at radius 3 is 2.61 bits per heavy atom. The van der Waals surface area contributed by atoms with Crippen molar-refractivity contribution in [2.75, 3.05) is 13.2 Å². The van der Waals surface area contributed by atoms with E-state index < -0.39 is 12.1 Å². The van der Waals surface area contributed by atoms with E-state index in [0.717, 1.165) is 0 Å². The highest BCUT2D eigenvalue weighted by Gasteiger charge is 2.16. The number of fused-ring (bicyclic) bond motifs is 1. The van der Waals surface area contributed by atoms with Crippen molar-refractivity contribution >= 4 is 28.6 Å². The summed E-state index contributed by atoms with van der Waals surface area (Å²) in [6, 6.07) is 12.0. The van der Waals surface area contributed by atoms with Crippen LogP contribution in [0.2, 0.25) is 5.02 Å². The second kappa shape index (κ2) is 9.32. The fourth-order valence-corrected chi connectivity index (χ4v) is 2.45. The topological polar surface area (TPSA) is 106 Å². The number of benzene rings is 2. The van der Waals surface area contributed by atoms with Gasteiger partial charge in [0.2, 0.25) is 5.88 Å². The largest absolute Gasteiger partial charge is 0.479 e. The molecule has 0 aliphatic carbocycles. The van der Waals surface area contributed by atoms with Crippen molar-refractivity contribution in [3.8, 4) is 17.4 Å². The average molecular weight is 404 g/mol. The van der Waals surface area contributed by atoms with E-state index in [4.69, 9.17) is 31.7 Å². The van der Waals surface area contributed by atoms with Crippen LogP contribution in [-0.2, 0) is 14.4 Å². The van der Waals surface area contributed by atoms with Gasteiger partial charge in [0, 0.05) is 5.02 Å². The van der Waals surface area contributed by atoms with E-state index in [-0.39, 0.29) is 13.2 Å². The predicted molar refractivity (Wildman–Crippen MR) is 102 cm³/mol. The Morgan fingerprint density at radius 2 is 1.86 bits per heavy atom. The molecule has 0 aliphatic rings. The van der Waals surface area contributed by atoms with E-state index in [1.54, 1.807) is 49.4 Å². The second-order valence-electron chi connectivity index (χ2n) is 5.71. The Balaban J connectivity index is 1.59. The van der Waals surface area contributed by atoms with E-state index >= 15 is 0 Å². The van der Waals surface area contributed by atoms with Crippen molar-refractivity contribution in [2.24, 2.45) is 5.90 Å². The van der Waals surface area contributed by atoms with Gasteiger partial charge in [0.1, 0.15) is 24.7 Å². The number of carbonyl (C=O) groups is 1. The third-order valence-corrected chi connectivity index (χ3v) is 3.85. The van der Waals surface area contributed by atoms with E-state index in [1.807, 2.05) is 0 Å². The van der Waals surface area contributed by atoms with Crippen molar-refractivity contribution in [1.82, 2.24) is 9.97 Å². The number of hydrogen-bond donors (Lipinski definition) is 1. The molecular weight excluding hydrogens is 386 g/mol. The molecule has 8 nitrogen and oxygen atoms in total. The highest BCUT2D eigenvalue weighted by atomic mass is 35.5. The van der Waals surface area contributed by atoms with Crippen molar-refractivity contribution < 1.29 is 23.8 Å². The van der Waals surface area contributed by atoms with Crippen molar-refractivity contribution in [3.05, 3.63) is 53.7 Å². The first-order valence-corrected chi connectivity index (χ1v) is 8.78. The zero-order chi connectivity index (χ0) is 19.9. The van der Waals surface area contributed by atoms with Gasteiger partial charge in [-0.05, 0) is 49.4 Å². The Morgan fingerprint density at radius 1 is 1.11 bits per heavy atom. The molecule has 3 rings (SSSR count). The number of aromatic nitrogens is 2. The number of halogens is 1. The van der Waals surface area contributed by atoms with E-state index in [0.29, 0.717) is 33.4 Å². The minimum Gasteiger partial charge on any atom is -0.479 e. The van der Waals surface area contributed by atoms with Crippen molar-refractivity contribution in [2.45, 2.75) is 13.0 Å². The molecule has 1 unspecified atom stereocenters. The molecule has 0 saturated carbocycles. The van der Waals surface area contributed by atoms with Gasteiger partial charge in [-0.1, -0.05) is 11.6 Å². The summed E-state index contributed by atoms with van der Waals surface area (Å²) in [6.07, 6.45) is 0.745. The summed E-state index contributed by atoms with van der Waals surface area (Å²) < 4.78 is 16.2. The predicted octanol–water partition coefficient (Wildman–Crippen LogP) is 3.28. The van der Waals surface area contributed by atoms with Gasteiger partial charge < -0.3 is 19.0 Å².